The highest BCUT2D eigenvalue weighted by Crippen LogP contribution is 2.34. The zero-order valence-corrected chi connectivity index (χ0v) is 12.8. The van der Waals surface area contributed by atoms with Gasteiger partial charge in [-0.1, -0.05) is 0 Å². The number of aromatic nitrogens is 1. The molecular weight excluding hydrogens is 274 g/mol. The number of hydrogen-bond donors (Lipinski definition) is 0. The first kappa shape index (κ1) is 14.5. The van der Waals surface area contributed by atoms with E-state index in [1.54, 1.807) is 12.4 Å². The van der Waals surface area contributed by atoms with Gasteiger partial charge in [-0.05, 0) is 37.8 Å². The summed E-state index contributed by atoms with van der Waals surface area (Å²) < 4.78 is 10.5. The fourth-order valence-corrected chi connectivity index (χ4v) is 2.93. The van der Waals surface area contributed by atoms with Gasteiger partial charge in [-0.3, -0.25) is 4.98 Å². The van der Waals surface area contributed by atoms with Gasteiger partial charge in [-0.15, -0.1) is 11.3 Å². The van der Waals surface area contributed by atoms with Crippen molar-refractivity contribution >= 4 is 17.3 Å². The van der Waals surface area contributed by atoms with Gasteiger partial charge >= 0.3 is 5.97 Å². The van der Waals surface area contributed by atoms with Crippen molar-refractivity contribution in [3.05, 3.63) is 34.3 Å². The van der Waals surface area contributed by atoms with Crippen LogP contribution in [-0.4, -0.2) is 24.2 Å². The minimum atomic E-state index is -0.326. The lowest BCUT2D eigenvalue weighted by Crippen LogP contribution is -2.06. The van der Waals surface area contributed by atoms with Gasteiger partial charge in [0.1, 0.15) is 10.6 Å². The monoisotopic (exact) mass is 291 g/mol. The summed E-state index contributed by atoms with van der Waals surface area (Å²) in [5, 5.41) is 1.94. The maximum absolute atomic E-state index is 11.8. The molecule has 5 heteroatoms. The van der Waals surface area contributed by atoms with E-state index in [-0.39, 0.29) is 12.1 Å². The largest absolute Gasteiger partial charge is 0.489 e. The minimum absolute atomic E-state index is 0.0794. The number of nitrogens with zero attached hydrogens (tertiary/aromatic N) is 1. The molecule has 0 aliphatic rings. The Morgan fingerprint density at radius 3 is 2.75 bits per heavy atom. The van der Waals surface area contributed by atoms with Crippen LogP contribution in [0.25, 0.3) is 11.1 Å². The normalized spacial score (nSPS) is 10.7. The molecule has 0 saturated carbocycles. The van der Waals surface area contributed by atoms with Gasteiger partial charge < -0.3 is 9.47 Å². The van der Waals surface area contributed by atoms with Crippen LogP contribution in [0.3, 0.4) is 0 Å². The van der Waals surface area contributed by atoms with Crippen molar-refractivity contribution in [2.75, 3.05) is 7.11 Å². The van der Waals surface area contributed by atoms with E-state index in [0.717, 1.165) is 16.7 Å². The molecule has 20 heavy (non-hydrogen) atoms. The second kappa shape index (κ2) is 6.05. The number of thiophene rings is 1. The molecule has 2 rings (SSSR count). The zero-order valence-electron chi connectivity index (χ0n) is 12.0. The Hall–Kier alpha value is -1.88. The Labute approximate surface area is 122 Å². The Morgan fingerprint density at radius 1 is 1.35 bits per heavy atom. The molecule has 0 aliphatic carbocycles. The van der Waals surface area contributed by atoms with Crippen molar-refractivity contribution in [3.63, 3.8) is 0 Å². The van der Waals surface area contributed by atoms with Crippen LogP contribution in [0.4, 0.5) is 0 Å². The molecule has 0 atom stereocenters. The van der Waals surface area contributed by atoms with Gasteiger partial charge in [0.05, 0.1) is 19.4 Å². The average Bonchev–Trinajstić information content (AvgIpc) is 2.79. The Balaban J connectivity index is 2.46. The zero-order chi connectivity index (χ0) is 14.7. The fourth-order valence-electron chi connectivity index (χ4n) is 1.94. The summed E-state index contributed by atoms with van der Waals surface area (Å²) in [6, 6.07) is 1.90. The van der Waals surface area contributed by atoms with Crippen LogP contribution in [0.15, 0.2) is 23.8 Å². The number of esters is 1. The standard InChI is InChI=1S/C15H17NO3S/c1-9(2)19-12-5-11(6-16-7-12)13-10(3)8-20-14(13)15(17)18-4/h5-9H,1-4H3. The van der Waals surface area contributed by atoms with E-state index in [9.17, 15) is 4.79 Å². The van der Waals surface area contributed by atoms with E-state index < -0.39 is 0 Å². The number of aryl methyl sites for hydroxylation is 1. The molecule has 0 spiro atoms. The van der Waals surface area contributed by atoms with E-state index in [1.165, 1.54) is 18.4 Å². The van der Waals surface area contributed by atoms with Gasteiger partial charge in [0.25, 0.3) is 0 Å². The van der Waals surface area contributed by atoms with E-state index >= 15 is 0 Å². The molecule has 2 aromatic rings. The maximum Gasteiger partial charge on any atom is 0.348 e. The van der Waals surface area contributed by atoms with Crippen LogP contribution in [0.5, 0.6) is 5.75 Å². The predicted molar refractivity (Wildman–Crippen MR) is 79.4 cm³/mol. The third-order valence-electron chi connectivity index (χ3n) is 2.72. The van der Waals surface area contributed by atoms with Crippen LogP contribution < -0.4 is 4.74 Å². The summed E-state index contributed by atoms with van der Waals surface area (Å²) in [6.45, 7) is 5.89. The molecular formula is C15H17NO3S. The number of carbonyl (C=O) groups excluding carboxylic acids is 1. The smallest absolute Gasteiger partial charge is 0.348 e. The number of rotatable bonds is 4. The van der Waals surface area contributed by atoms with Crippen LogP contribution in [0, 0.1) is 6.92 Å². The molecule has 0 unspecified atom stereocenters. The van der Waals surface area contributed by atoms with Crippen molar-refractivity contribution in [1.29, 1.82) is 0 Å². The number of methoxy groups -OCH3 is 1. The summed E-state index contributed by atoms with van der Waals surface area (Å²) >= 11 is 1.38. The molecule has 0 radical (unpaired) electrons. The first-order valence-electron chi connectivity index (χ1n) is 6.31. The molecule has 0 aromatic carbocycles. The molecule has 0 bridgehead atoms. The Bertz CT molecular complexity index is 619. The highest BCUT2D eigenvalue weighted by atomic mass is 32.1. The van der Waals surface area contributed by atoms with Crippen LogP contribution in [-0.2, 0) is 4.74 Å². The fraction of sp³-hybridized carbons (Fsp3) is 0.333. The second-order valence-electron chi connectivity index (χ2n) is 4.69. The Kier molecular flexibility index (Phi) is 4.39. The third kappa shape index (κ3) is 2.99. The molecule has 0 amide bonds. The average molecular weight is 291 g/mol. The van der Waals surface area contributed by atoms with E-state index in [2.05, 4.69) is 4.98 Å². The molecule has 2 aromatic heterocycles. The molecule has 0 aliphatic heterocycles. The van der Waals surface area contributed by atoms with Crippen molar-refractivity contribution in [2.45, 2.75) is 26.9 Å². The maximum atomic E-state index is 11.8. The van der Waals surface area contributed by atoms with Crippen molar-refractivity contribution in [2.24, 2.45) is 0 Å². The SMILES string of the molecule is COC(=O)c1scc(C)c1-c1cncc(OC(C)C)c1. The molecule has 2 heterocycles. The molecule has 4 nitrogen and oxygen atoms in total. The van der Waals surface area contributed by atoms with Crippen molar-refractivity contribution < 1.29 is 14.3 Å². The molecule has 106 valence electrons. The number of ether oxygens (including phenoxy) is 2. The summed E-state index contributed by atoms with van der Waals surface area (Å²) in [5.41, 5.74) is 2.75. The van der Waals surface area contributed by atoms with Crippen LogP contribution in [0.1, 0.15) is 29.1 Å². The lowest BCUT2D eigenvalue weighted by Gasteiger charge is -2.11. The van der Waals surface area contributed by atoms with Crippen molar-refractivity contribution in [1.82, 2.24) is 4.98 Å². The first-order valence-corrected chi connectivity index (χ1v) is 7.19. The lowest BCUT2D eigenvalue weighted by molar-refractivity contribution is 0.0607. The Morgan fingerprint density at radius 2 is 2.10 bits per heavy atom. The molecule has 0 saturated heterocycles. The minimum Gasteiger partial charge on any atom is -0.489 e. The van der Waals surface area contributed by atoms with Gasteiger partial charge in [0.2, 0.25) is 0 Å². The van der Waals surface area contributed by atoms with Crippen molar-refractivity contribution in [3.8, 4) is 16.9 Å². The van der Waals surface area contributed by atoms with Gasteiger partial charge in [0.15, 0.2) is 0 Å². The van der Waals surface area contributed by atoms with E-state index in [0.29, 0.717) is 10.6 Å². The topological polar surface area (TPSA) is 48.4 Å². The van der Waals surface area contributed by atoms with Gasteiger partial charge in [-0.25, -0.2) is 4.79 Å². The summed E-state index contributed by atoms with van der Waals surface area (Å²) in [7, 11) is 1.39. The van der Waals surface area contributed by atoms with Gasteiger partial charge in [-0.2, -0.15) is 0 Å². The van der Waals surface area contributed by atoms with E-state index in [4.69, 9.17) is 9.47 Å². The number of hydrogen-bond acceptors (Lipinski definition) is 5. The number of pyridine rings is 1. The highest BCUT2D eigenvalue weighted by Gasteiger charge is 2.18. The number of carbonyl (C=O) groups is 1. The van der Waals surface area contributed by atoms with Crippen LogP contribution in [0.2, 0.25) is 0 Å². The van der Waals surface area contributed by atoms with Crippen LogP contribution >= 0.6 is 11.3 Å². The summed E-state index contributed by atoms with van der Waals surface area (Å²) in [6.07, 6.45) is 3.48. The predicted octanol–water partition coefficient (Wildman–Crippen LogP) is 3.69. The second-order valence-corrected chi connectivity index (χ2v) is 5.57. The third-order valence-corrected chi connectivity index (χ3v) is 3.80. The quantitative estimate of drug-likeness (QED) is 0.806. The summed E-state index contributed by atoms with van der Waals surface area (Å²) in [5.74, 6) is 0.368. The van der Waals surface area contributed by atoms with E-state index in [1.807, 2.05) is 32.2 Å². The highest BCUT2D eigenvalue weighted by molar-refractivity contribution is 7.12. The first-order chi connectivity index (χ1) is 9.52. The molecule has 0 fully saturated rings. The lowest BCUT2D eigenvalue weighted by atomic mass is 10.0. The van der Waals surface area contributed by atoms with Gasteiger partial charge in [0, 0.05) is 17.3 Å². The molecule has 0 N–H and O–H groups in total. The summed E-state index contributed by atoms with van der Waals surface area (Å²) in [4.78, 5) is 16.6.